The van der Waals surface area contributed by atoms with E-state index in [2.05, 4.69) is 12.1 Å². The maximum Gasteiger partial charge on any atom is 0.217 e. The quantitative estimate of drug-likeness (QED) is 0.817. The first kappa shape index (κ1) is 9.87. The normalized spacial score (nSPS) is 12.6. The van der Waals surface area contributed by atoms with Crippen molar-refractivity contribution in [2.24, 2.45) is 5.73 Å². The number of hydrogen-bond acceptors (Lipinski definition) is 2. The van der Waals surface area contributed by atoms with E-state index in [-0.39, 0.29) is 0 Å². The maximum atomic E-state index is 10.4. The second-order valence-electron chi connectivity index (χ2n) is 3.57. The molecule has 1 atom stereocenters. The van der Waals surface area contributed by atoms with Gasteiger partial charge in [0.1, 0.15) is 0 Å². The monoisotopic (exact) mass is 198 g/mol. The van der Waals surface area contributed by atoms with Crippen LogP contribution in [0.2, 0.25) is 0 Å². The zero-order valence-electron chi connectivity index (χ0n) is 8.31. The number of benzene rings is 2. The summed E-state index contributed by atoms with van der Waals surface area (Å²) in [5, 5.41) is 2.33. The van der Waals surface area contributed by atoms with Gasteiger partial charge in [0.05, 0.1) is 6.04 Å². The van der Waals surface area contributed by atoms with Crippen molar-refractivity contribution >= 4 is 17.1 Å². The largest absolute Gasteiger partial charge is 0.321 e. The van der Waals surface area contributed by atoms with Crippen molar-refractivity contribution in [1.82, 2.24) is 0 Å². The molecular formula is C13H12NO. The van der Waals surface area contributed by atoms with Crippen molar-refractivity contribution in [3.8, 4) is 0 Å². The number of fused-ring (bicyclic) bond motifs is 1. The highest BCUT2D eigenvalue weighted by molar-refractivity contribution is 5.86. The Morgan fingerprint density at radius 1 is 1.13 bits per heavy atom. The summed E-state index contributed by atoms with van der Waals surface area (Å²) in [6, 6.07) is 13.6. The van der Waals surface area contributed by atoms with Crippen molar-refractivity contribution in [3.63, 3.8) is 0 Å². The molecule has 15 heavy (non-hydrogen) atoms. The van der Waals surface area contributed by atoms with Crippen LogP contribution in [0.1, 0.15) is 5.56 Å². The molecule has 2 heteroatoms. The number of hydrogen-bond donors (Lipinski definition) is 1. The van der Waals surface area contributed by atoms with Gasteiger partial charge in [0.15, 0.2) is 0 Å². The summed E-state index contributed by atoms with van der Waals surface area (Å²) in [6.07, 6.45) is 2.35. The lowest BCUT2D eigenvalue weighted by molar-refractivity contribution is 0.541. The molecule has 0 unspecified atom stereocenters. The third-order valence-electron chi connectivity index (χ3n) is 2.47. The lowest BCUT2D eigenvalue weighted by atomic mass is 10.00. The topological polar surface area (TPSA) is 43.1 Å². The summed E-state index contributed by atoms with van der Waals surface area (Å²) < 4.78 is 0. The number of nitrogens with two attached hydrogens (primary N) is 1. The first-order valence-corrected chi connectivity index (χ1v) is 4.91. The minimum absolute atomic E-state index is 0.532. The second kappa shape index (κ2) is 4.24. The molecule has 0 saturated heterocycles. The van der Waals surface area contributed by atoms with Gasteiger partial charge in [0.2, 0.25) is 6.29 Å². The van der Waals surface area contributed by atoms with Gasteiger partial charge in [-0.25, -0.2) is 0 Å². The minimum Gasteiger partial charge on any atom is -0.321 e. The third kappa shape index (κ3) is 2.05. The molecular weight excluding hydrogens is 186 g/mol. The molecule has 2 nitrogen and oxygen atoms in total. The fourth-order valence-corrected chi connectivity index (χ4v) is 1.75. The van der Waals surface area contributed by atoms with E-state index < -0.39 is 6.04 Å². The first-order chi connectivity index (χ1) is 7.31. The van der Waals surface area contributed by atoms with Crippen LogP contribution < -0.4 is 5.73 Å². The molecule has 0 aliphatic carbocycles. The Morgan fingerprint density at radius 3 is 2.67 bits per heavy atom. The van der Waals surface area contributed by atoms with Crippen LogP contribution in [-0.4, -0.2) is 12.3 Å². The van der Waals surface area contributed by atoms with Gasteiger partial charge in [-0.2, -0.15) is 0 Å². The van der Waals surface area contributed by atoms with E-state index in [0.717, 1.165) is 10.9 Å². The molecule has 0 aliphatic rings. The van der Waals surface area contributed by atoms with Crippen LogP contribution in [0.3, 0.4) is 0 Å². The average Bonchev–Trinajstić information content (AvgIpc) is 2.29. The minimum atomic E-state index is -0.532. The Bertz CT molecular complexity index is 473. The second-order valence-corrected chi connectivity index (χ2v) is 3.57. The average molecular weight is 198 g/mol. The summed E-state index contributed by atoms with van der Waals surface area (Å²) in [6.45, 7) is 0. The fourth-order valence-electron chi connectivity index (χ4n) is 1.75. The molecule has 0 amide bonds. The molecule has 75 valence electrons. The first-order valence-electron chi connectivity index (χ1n) is 4.91. The van der Waals surface area contributed by atoms with Gasteiger partial charge in [-0.3, -0.25) is 4.79 Å². The third-order valence-corrected chi connectivity index (χ3v) is 2.47. The van der Waals surface area contributed by atoms with Crippen molar-refractivity contribution in [2.45, 2.75) is 12.5 Å². The van der Waals surface area contributed by atoms with Gasteiger partial charge >= 0.3 is 0 Å². The van der Waals surface area contributed by atoms with Gasteiger partial charge in [0, 0.05) is 0 Å². The van der Waals surface area contributed by atoms with Crippen molar-refractivity contribution in [3.05, 3.63) is 48.0 Å². The zero-order valence-corrected chi connectivity index (χ0v) is 8.31. The van der Waals surface area contributed by atoms with Gasteiger partial charge in [0.25, 0.3) is 0 Å². The zero-order chi connectivity index (χ0) is 10.7. The molecule has 2 rings (SSSR count). The van der Waals surface area contributed by atoms with E-state index in [1.807, 2.05) is 30.3 Å². The summed E-state index contributed by atoms with van der Waals surface area (Å²) in [7, 11) is 0. The summed E-state index contributed by atoms with van der Waals surface area (Å²) >= 11 is 0. The molecule has 0 fully saturated rings. The van der Waals surface area contributed by atoms with Crippen LogP contribution in [0.5, 0.6) is 0 Å². The lowest BCUT2D eigenvalue weighted by Gasteiger charge is -2.07. The molecule has 2 N–H and O–H groups in total. The summed E-state index contributed by atoms with van der Waals surface area (Å²) in [5.41, 5.74) is 6.67. The van der Waals surface area contributed by atoms with Gasteiger partial charge in [-0.15, -0.1) is 0 Å². The van der Waals surface area contributed by atoms with E-state index in [9.17, 15) is 4.79 Å². The highest BCUT2D eigenvalue weighted by Gasteiger charge is 2.05. The predicted molar refractivity (Wildman–Crippen MR) is 61.3 cm³/mol. The Hall–Kier alpha value is -1.67. The van der Waals surface area contributed by atoms with Crippen LogP contribution >= 0.6 is 0 Å². The summed E-state index contributed by atoms with van der Waals surface area (Å²) in [5.74, 6) is 0. The molecule has 0 aromatic heterocycles. The Labute approximate surface area is 88.7 Å². The van der Waals surface area contributed by atoms with Gasteiger partial charge in [-0.1, -0.05) is 42.5 Å². The predicted octanol–water partition coefficient (Wildman–Crippen LogP) is 1.82. The van der Waals surface area contributed by atoms with Gasteiger partial charge < -0.3 is 5.73 Å². The fraction of sp³-hybridized carbons (Fsp3) is 0.154. The molecule has 0 heterocycles. The lowest BCUT2D eigenvalue weighted by Crippen LogP contribution is -2.24. The molecule has 0 bridgehead atoms. The Morgan fingerprint density at radius 2 is 1.87 bits per heavy atom. The molecule has 0 aliphatic heterocycles. The SMILES string of the molecule is N[C@@H]([C]=O)Cc1cccc2ccccc12. The van der Waals surface area contributed by atoms with Crippen LogP contribution in [0.25, 0.3) is 10.8 Å². The number of carbonyl (C=O) groups excluding carboxylic acids is 1. The van der Waals surface area contributed by atoms with E-state index in [1.54, 1.807) is 6.29 Å². The standard InChI is InChI=1S/C13H12NO/c14-12(9-15)8-11-6-3-5-10-4-1-2-7-13(10)11/h1-7,12H,8,14H2/t12-/m1/s1. The Balaban J connectivity index is 2.46. The maximum absolute atomic E-state index is 10.4. The molecule has 2 aromatic rings. The summed E-state index contributed by atoms with van der Waals surface area (Å²) in [4.78, 5) is 10.4. The van der Waals surface area contributed by atoms with Crippen molar-refractivity contribution < 1.29 is 4.79 Å². The Kier molecular flexibility index (Phi) is 2.79. The molecule has 2 aromatic carbocycles. The van der Waals surface area contributed by atoms with E-state index >= 15 is 0 Å². The van der Waals surface area contributed by atoms with Crippen LogP contribution in [0.15, 0.2) is 42.5 Å². The highest BCUT2D eigenvalue weighted by atomic mass is 16.1. The molecule has 0 saturated carbocycles. The van der Waals surface area contributed by atoms with Crippen LogP contribution in [-0.2, 0) is 11.2 Å². The van der Waals surface area contributed by atoms with E-state index in [0.29, 0.717) is 6.42 Å². The van der Waals surface area contributed by atoms with Crippen molar-refractivity contribution in [1.29, 1.82) is 0 Å². The van der Waals surface area contributed by atoms with Crippen LogP contribution in [0, 0.1) is 0 Å². The number of rotatable bonds is 3. The van der Waals surface area contributed by atoms with E-state index in [1.165, 1.54) is 5.39 Å². The van der Waals surface area contributed by atoms with Crippen molar-refractivity contribution in [2.75, 3.05) is 0 Å². The van der Waals surface area contributed by atoms with Crippen LogP contribution in [0.4, 0.5) is 0 Å². The highest BCUT2D eigenvalue weighted by Crippen LogP contribution is 2.19. The molecule has 0 spiro atoms. The molecule has 1 radical (unpaired) electrons. The van der Waals surface area contributed by atoms with E-state index in [4.69, 9.17) is 5.73 Å². The van der Waals surface area contributed by atoms with Gasteiger partial charge in [-0.05, 0) is 22.8 Å². The smallest absolute Gasteiger partial charge is 0.217 e.